The highest BCUT2D eigenvalue weighted by Gasteiger charge is 2.08. The summed E-state index contributed by atoms with van der Waals surface area (Å²) in [6, 6.07) is 19.4. The zero-order valence-corrected chi connectivity index (χ0v) is 15.6. The molecule has 0 atom stereocenters. The minimum absolute atomic E-state index is 0.186. The van der Waals surface area contributed by atoms with Gasteiger partial charge in [0.05, 0.1) is 11.2 Å². The Hall–Kier alpha value is -3.80. The van der Waals surface area contributed by atoms with Gasteiger partial charge in [-0.05, 0) is 48.4 Å². The number of fused-ring (bicyclic) bond motifs is 1. The molecule has 1 amide bonds. The monoisotopic (exact) mass is 386 g/mol. The van der Waals surface area contributed by atoms with Crippen LogP contribution in [0, 0.1) is 5.82 Å². The minimum Gasteiger partial charge on any atom is -0.352 e. The minimum atomic E-state index is -0.268. The topological polar surface area (TPSA) is 66.9 Å². The Morgan fingerprint density at radius 2 is 1.76 bits per heavy atom. The lowest BCUT2D eigenvalue weighted by Crippen LogP contribution is -2.25. The number of carbonyl (C=O) groups excluding carboxylic acids is 1. The third-order valence-electron chi connectivity index (χ3n) is 4.53. The molecular weight excluding hydrogens is 367 g/mol. The summed E-state index contributed by atoms with van der Waals surface area (Å²) >= 11 is 0. The maximum atomic E-state index is 13.0. The second-order valence-electron chi connectivity index (χ2n) is 6.57. The molecule has 0 saturated heterocycles. The number of benzene rings is 2. The lowest BCUT2D eigenvalue weighted by molar-refractivity contribution is 0.0954. The molecule has 5 nitrogen and oxygen atoms in total. The van der Waals surface area contributed by atoms with Crippen molar-refractivity contribution in [1.29, 1.82) is 0 Å². The van der Waals surface area contributed by atoms with Crippen molar-refractivity contribution in [3.63, 3.8) is 0 Å². The Morgan fingerprint density at radius 3 is 2.62 bits per heavy atom. The van der Waals surface area contributed by atoms with Crippen molar-refractivity contribution in [2.75, 3.05) is 11.9 Å². The first kappa shape index (κ1) is 18.6. The second kappa shape index (κ2) is 8.48. The lowest BCUT2D eigenvalue weighted by Gasteiger charge is -2.10. The largest absolute Gasteiger partial charge is 0.352 e. The highest BCUT2D eigenvalue weighted by Crippen LogP contribution is 2.23. The van der Waals surface area contributed by atoms with Crippen molar-refractivity contribution in [2.45, 2.75) is 6.42 Å². The number of halogens is 1. The van der Waals surface area contributed by atoms with Gasteiger partial charge in [-0.15, -0.1) is 0 Å². The van der Waals surface area contributed by atoms with Crippen LogP contribution >= 0.6 is 0 Å². The molecule has 0 spiro atoms. The number of hydrogen-bond acceptors (Lipinski definition) is 4. The van der Waals surface area contributed by atoms with E-state index in [1.165, 1.54) is 12.1 Å². The van der Waals surface area contributed by atoms with Crippen LogP contribution in [-0.2, 0) is 6.42 Å². The molecule has 2 N–H and O–H groups in total. The van der Waals surface area contributed by atoms with Gasteiger partial charge in [0, 0.05) is 29.9 Å². The zero-order chi connectivity index (χ0) is 20.1. The van der Waals surface area contributed by atoms with Crippen LogP contribution in [0.5, 0.6) is 0 Å². The maximum Gasteiger partial charge on any atom is 0.251 e. The summed E-state index contributed by atoms with van der Waals surface area (Å²) < 4.78 is 13.0. The van der Waals surface area contributed by atoms with E-state index < -0.39 is 0 Å². The molecular formula is C23H19FN4O. The molecule has 2 heterocycles. The van der Waals surface area contributed by atoms with Gasteiger partial charge in [0.15, 0.2) is 0 Å². The summed E-state index contributed by atoms with van der Waals surface area (Å²) in [5.41, 5.74) is 3.14. The van der Waals surface area contributed by atoms with E-state index in [1.54, 1.807) is 36.7 Å². The van der Waals surface area contributed by atoms with E-state index in [0.29, 0.717) is 24.3 Å². The number of hydrogen-bond donors (Lipinski definition) is 2. The van der Waals surface area contributed by atoms with Gasteiger partial charge in [0.2, 0.25) is 0 Å². The van der Waals surface area contributed by atoms with Gasteiger partial charge in [-0.1, -0.05) is 30.3 Å². The molecule has 4 aromatic rings. The van der Waals surface area contributed by atoms with Gasteiger partial charge >= 0.3 is 0 Å². The Balaban J connectivity index is 1.42. The van der Waals surface area contributed by atoms with Gasteiger partial charge in [0.1, 0.15) is 11.6 Å². The molecule has 0 saturated carbocycles. The number of para-hydroxylation sites is 1. The number of anilines is 2. The standard InChI is InChI=1S/C23H19FN4O/c24-19-8-6-16(7-9-19)10-13-27-23(29)18-11-14-25-21(15-18)28-20-5-1-3-17-4-2-12-26-22(17)20/h1-9,11-12,14-15H,10,13H2,(H,25,28)(H,27,29). The van der Waals surface area contributed by atoms with Crippen molar-refractivity contribution < 1.29 is 9.18 Å². The highest BCUT2D eigenvalue weighted by molar-refractivity contribution is 5.96. The molecule has 0 bridgehead atoms. The van der Waals surface area contributed by atoms with E-state index in [1.807, 2.05) is 30.3 Å². The number of amides is 1. The molecule has 0 aliphatic carbocycles. The van der Waals surface area contributed by atoms with Crippen LogP contribution in [0.3, 0.4) is 0 Å². The van der Waals surface area contributed by atoms with Crippen LogP contribution in [-0.4, -0.2) is 22.4 Å². The number of rotatable bonds is 6. The van der Waals surface area contributed by atoms with Crippen molar-refractivity contribution >= 4 is 28.3 Å². The van der Waals surface area contributed by atoms with Crippen LogP contribution in [0.2, 0.25) is 0 Å². The predicted molar refractivity (Wildman–Crippen MR) is 112 cm³/mol. The van der Waals surface area contributed by atoms with Gasteiger partial charge in [-0.25, -0.2) is 9.37 Å². The predicted octanol–water partition coefficient (Wildman–Crippen LogP) is 4.49. The molecule has 6 heteroatoms. The van der Waals surface area contributed by atoms with Crippen LogP contribution in [0.25, 0.3) is 10.9 Å². The van der Waals surface area contributed by atoms with Crippen molar-refractivity contribution in [1.82, 2.24) is 15.3 Å². The first-order valence-corrected chi connectivity index (χ1v) is 9.28. The molecule has 144 valence electrons. The normalized spacial score (nSPS) is 10.7. The number of nitrogens with one attached hydrogen (secondary N) is 2. The summed E-state index contributed by atoms with van der Waals surface area (Å²) in [6.07, 6.45) is 3.96. The third kappa shape index (κ3) is 4.55. The Kier molecular flexibility index (Phi) is 5.42. The Morgan fingerprint density at radius 1 is 0.931 bits per heavy atom. The van der Waals surface area contributed by atoms with E-state index in [4.69, 9.17) is 0 Å². The Labute approximate surface area is 167 Å². The fourth-order valence-electron chi connectivity index (χ4n) is 3.06. The van der Waals surface area contributed by atoms with Gasteiger partial charge in [-0.3, -0.25) is 9.78 Å². The van der Waals surface area contributed by atoms with Crippen LogP contribution in [0.15, 0.2) is 79.1 Å². The van der Waals surface area contributed by atoms with Gasteiger partial charge in [-0.2, -0.15) is 0 Å². The van der Waals surface area contributed by atoms with E-state index >= 15 is 0 Å². The first-order valence-electron chi connectivity index (χ1n) is 9.28. The molecule has 4 rings (SSSR count). The quantitative estimate of drug-likeness (QED) is 0.513. The van der Waals surface area contributed by atoms with Crippen molar-refractivity contribution in [2.24, 2.45) is 0 Å². The third-order valence-corrected chi connectivity index (χ3v) is 4.53. The SMILES string of the molecule is O=C(NCCc1ccc(F)cc1)c1ccnc(Nc2cccc3cccnc23)c1. The fraction of sp³-hybridized carbons (Fsp3) is 0.0870. The molecule has 0 fully saturated rings. The fourth-order valence-corrected chi connectivity index (χ4v) is 3.06. The average Bonchev–Trinajstić information content (AvgIpc) is 2.75. The van der Waals surface area contributed by atoms with Gasteiger partial charge in [0.25, 0.3) is 5.91 Å². The second-order valence-corrected chi connectivity index (χ2v) is 6.57. The number of carbonyl (C=O) groups is 1. The lowest BCUT2D eigenvalue weighted by atomic mass is 10.1. The van der Waals surface area contributed by atoms with E-state index in [2.05, 4.69) is 20.6 Å². The highest BCUT2D eigenvalue weighted by atomic mass is 19.1. The smallest absolute Gasteiger partial charge is 0.251 e. The zero-order valence-electron chi connectivity index (χ0n) is 15.6. The van der Waals surface area contributed by atoms with Crippen molar-refractivity contribution in [3.8, 4) is 0 Å². The Bertz CT molecular complexity index is 1140. The average molecular weight is 386 g/mol. The van der Waals surface area contributed by atoms with Crippen LogP contribution < -0.4 is 10.6 Å². The van der Waals surface area contributed by atoms with Crippen LogP contribution in [0.1, 0.15) is 15.9 Å². The van der Waals surface area contributed by atoms with Crippen LogP contribution in [0.4, 0.5) is 15.9 Å². The molecule has 0 unspecified atom stereocenters. The van der Waals surface area contributed by atoms with E-state index in [0.717, 1.165) is 22.2 Å². The number of aromatic nitrogens is 2. The molecule has 29 heavy (non-hydrogen) atoms. The van der Waals surface area contributed by atoms with Gasteiger partial charge < -0.3 is 10.6 Å². The summed E-state index contributed by atoms with van der Waals surface area (Å²) in [5, 5.41) is 7.14. The number of pyridine rings is 2. The van der Waals surface area contributed by atoms with E-state index in [9.17, 15) is 9.18 Å². The molecule has 0 radical (unpaired) electrons. The molecule has 2 aromatic heterocycles. The summed E-state index contributed by atoms with van der Waals surface area (Å²) in [7, 11) is 0. The van der Waals surface area contributed by atoms with Crippen molar-refractivity contribution in [3.05, 3.63) is 96.1 Å². The first-order chi connectivity index (χ1) is 14.2. The number of nitrogens with zero attached hydrogens (tertiary/aromatic N) is 2. The maximum absolute atomic E-state index is 13.0. The molecule has 2 aromatic carbocycles. The molecule has 0 aliphatic rings. The molecule has 0 aliphatic heterocycles. The van der Waals surface area contributed by atoms with E-state index in [-0.39, 0.29) is 11.7 Å². The summed E-state index contributed by atoms with van der Waals surface area (Å²) in [4.78, 5) is 21.2. The summed E-state index contributed by atoms with van der Waals surface area (Å²) in [5.74, 6) is 0.110. The summed E-state index contributed by atoms with van der Waals surface area (Å²) in [6.45, 7) is 0.461.